The number of hydrogen-bond acceptors (Lipinski definition) is 5. The van der Waals surface area contributed by atoms with Crippen molar-refractivity contribution in [3.8, 4) is 5.69 Å². The van der Waals surface area contributed by atoms with E-state index in [1.165, 1.54) is 5.56 Å². The number of hydrogen-bond donors (Lipinski definition) is 1. The summed E-state index contributed by atoms with van der Waals surface area (Å²) in [6.45, 7) is 8.12. The first-order valence-electron chi connectivity index (χ1n) is 10.3. The number of nitrogens with zero attached hydrogens (tertiary/aromatic N) is 3. The predicted molar refractivity (Wildman–Crippen MR) is 120 cm³/mol. The molecule has 0 radical (unpaired) electrons. The second-order valence-electron chi connectivity index (χ2n) is 7.85. The second-order valence-corrected chi connectivity index (χ2v) is 7.85. The van der Waals surface area contributed by atoms with Gasteiger partial charge in [-0.05, 0) is 49.1 Å². The van der Waals surface area contributed by atoms with Crippen LogP contribution in [0.1, 0.15) is 56.0 Å². The molecule has 2 aromatic heterocycles. The number of nitrogens with two attached hydrogens (primary N) is 1. The van der Waals surface area contributed by atoms with Crippen molar-refractivity contribution in [2.24, 2.45) is 0 Å². The third-order valence-corrected chi connectivity index (χ3v) is 5.40. The average Bonchev–Trinajstić information content (AvgIpc) is 3.02. The highest BCUT2D eigenvalue weighted by atomic mass is 16.5. The third-order valence-electron chi connectivity index (χ3n) is 5.40. The van der Waals surface area contributed by atoms with Crippen molar-refractivity contribution in [2.75, 3.05) is 5.73 Å². The zero-order chi connectivity index (χ0) is 21.4. The van der Waals surface area contributed by atoms with Crippen LogP contribution < -0.4 is 5.73 Å². The molecule has 0 bridgehead atoms. The van der Waals surface area contributed by atoms with E-state index >= 15 is 0 Å². The molecule has 2 aromatic carbocycles. The number of aromatic nitrogens is 3. The standard InChI is InChI=1S/C24H26N4O2/c1-5-15(4)30-24(29)20-21-23(27-19-9-7-6-8-18(19)26-21)28(22(20)25)17-12-10-16(11-13-17)14(2)3/h6-15H,5,25H2,1-4H3/t15-/m0/s1. The van der Waals surface area contributed by atoms with Crippen LogP contribution >= 0.6 is 0 Å². The Bertz CT molecular complexity index is 1230. The molecule has 0 saturated carbocycles. The molecule has 1 atom stereocenters. The molecule has 154 valence electrons. The van der Waals surface area contributed by atoms with E-state index in [9.17, 15) is 4.79 Å². The van der Waals surface area contributed by atoms with Gasteiger partial charge in [0.05, 0.1) is 17.1 Å². The maximum absolute atomic E-state index is 13.0. The van der Waals surface area contributed by atoms with Gasteiger partial charge < -0.3 is 10.5 Å². The molecule has 2 N–H and O–H groups in total. The number of esters is 1. The summed E-state index contributed by atoms with van der Waals surface area (Å²) in [7, 11) is 0. The molecular formula is C24H26N4O2. The summed E-state index contributed by atoms with van der Waals surface area (Å²) < 4.78 is 7.37. The lowest BCUT2D eigenvalue weighted by molar-refractivity contribution is 0.0338. The molecule has 0 aliphatic carbocycles. The number of para-hydroxylation sites is 2. The zero-order valence-electron chi connectivity index (χ0n) is 17.7. The molecule has 0 aliphatic rings. The fourth-order valence-corrected chi connectivity index (χ4v) is 3.46. The molecular weight excluding hydrogens is 376 g/mol. The van der Waals surface area contributed by atoms with Gasteiger partial charge in [-0.25, -0.2) is 14.8 Å². The minimum Gasteiger partial charge on any atom is -0.459 e. The second kappa shape index (κ2) is 7.78. The molecule has 2 heterocycles. The number of carbonyl (C=O) groups is 1. The largest absolute Gasteiger partial charge is 0.459 e. The van der Waals surface area contributed by atoms with E-state index in [2.05, 4.69) is 26.0 Å². The molecule has 0 saturated heterocycles. The van der Waals surface area contributed by atoms with Crippen LogP contribution in [0, 0.1) is 0 Å². The lowest BCUT2D eigenvalue weighted by Crippen LogP contribution is -2.15. The van der Waals surface area contributed by atoms with Crippen molar-refractivity contribution in [1.29, 1.82) is 0 Å². The van der Waals surface area contributed by atoms with Crippen molar-refractivity contribution >= 4 is 34.0 Å². The van der Waals surface area contributed by atoms with Gasteiger partial charge in [-0.3, -0.25) is 4.57 Å². The van der Waals surface area contributed by atoms with E-state index < -0.39 is 5.97 Å². The maximum Gasteiger partial charge on any atom is 0.344 e. The predicted octanol–water partition coefficient (Wildman–Crippen LogP) is 5.23. The Morgan fingerprint density at radius 1 is 1.03 bits per heavy atom. The van der Waals surface area contributed by atoms with Crippen LogP contribution in [0.25, 0.3) is 27.9 Å². The lowest BCUT2D eigenvalue weighted by atomic mass is 10.0. The van der Waals surface area contributed by atoms with Gasteiger partial charge in [0, 0.05) is 5.69 Å². The first-order valence-corrected chi connectivity index (χ1v) is 10.3. The molecule has 0 spiro atoms. The summed E-state index contributed by atoms with van der Waals surface area (Å²) in [4.78, 5) is 22.5. The Morgan fingerprint density at radius 2 is 1.67 bits per heavy atom. The van der Waals surface area contributed by atoms with Crippen LogP contribution in [-0.4, -0.2) is 26.6 Å². The van der Waals surface area contributed by atoms with Crippen LogP contribution in [0.3, 0.4) is 0 Å². The Labute approximate surface area is 175 Å². The molecule has 4 rings (SSSR count). The van der Waals surface area contributed by atoms with Gasteiger partial charge in [0.25, 0.3) is 0 Å². The maximum atomic E-state index is 13.0. The normalized spacial score (nSPS) is 12.6. The molecule has 0 unspecified atom stereocenters. The van der Waals surface area contributed by atoms with E-state index in [4.69, 9.17) is 20.4 Å². The van der Waals surface area contributed by atoms with Crippen molar-refractivity contribution in [2.45, 2.75) is 46.1 Å². The van der Waals surface area contributed by atoms with E-state index in [0.717, 1.165) is 17.6 Å². The highest BCUT2D eigenvalue weighted by Gasteiger charge is 2.26. The number of nitrogen functional groups attached to an aromatic ring is 1. The van der Waals surface area contributed by atoms with Gasteiger partial charge in [-0.2, -0.15) is 0 Å². The first-order chi connectivity index (χ1) is 14.4. The Kier molecular flexibility index (Phi) is 5.16. The van der Waals surface area contributed by atoms with Crippen molar-refractivity contribution in [1.82, 2.24) is 14.5 Å². The molecule has 6 nitrogen and oxygen atoms in total. The molecule has 4 aromatic rings. The monoisotopic (exact) mass is 402 g/mol. The van der Waals surface area contributed by atoms with Crippen LogP contribution in [0.2, 0.25) is 0 Å². The highest BCUT2D eigenvalue weighted by molar-refractivity contribution is 6.09. The lowest BCUT2D eigenvalue weighted by Gasteiger charge is -2.12. The minimum atomic E-state index is -0.478. The number of ether oxygens (including phenoxy) is 1. The van der Waals surface area contributed by atoms with Gasteiger partial charge >= 0.3 is 5.97 Å². The SMILES string of the molecule is CC[C@H](C)OC(=O)c1c(N)n(-c2ccc(C(C)C)cc2)c2nc3ccccc3nc12. The number of anilines is 1. The average molecular weight is 402 g/mol. The quantitative estimate of drug-likeness (QED) is 0.462. The summed E-state index contributed by atoms with van der Waals surface area (Å²) in [5.41, 5.74) is 11.3. The Hall–Kier alpha value is -3.41. The summed E-state index contributed by atoms with van der Waals surface area (Å²) in [5.74, 6) is 0.225. The van der Waals surface area contributed by atoms with Gasteiger partial charge in [-0.1, -0.05) is 45.0 Å². The Balaban J connectivity index is 1.98. The van der Waals surface area contributed by atoms with Gasteiger partial charge in [0.1, 0.15) is 16.9 Å². The van der Waals surface area contributed by atoms with Crippen LogP contribution in [0.4, 0.5) is 5.82 Å². The van der Waals surface area contributed by atoms with Crippen LogP contribution in [-0.2, 0) is 4.74 Å². The summed E-state index contributed by atoms with van der Waals surface area (Å²) in [5, 5.41) is 0. The van der Waals surface area contributed by atoms with Crippen molar-refractivity contribution < 1.29 is 9.53 Å². The van der Waals surface area contributed by atoms with Gasteiger partial charge in [-0.15, -0.1) is 0 Å². The van der Waals surface area contributed by atoms with Crippen LogP contribution in [0.15, 0.2) is 48.5 Å². The zero-order valence-corrected chi connectivity index (χ0v) is 17.7. The third kappa shape index (κ3) is 3.38. The summed E-state index contributed by atoms with van der Waals surface area (Å²) in [6.07, 6.45) is 0.504. The van der Waals surface area contributed by atoms with Gasteiger partial charge in [0.2, 0.25) is 0 Å². The van der Waals surface area contributed by atoms with Crippen molar-refractivity contribution in [3.05, 3.63) is 59.7 Å². The Morgan fingerprint density at radius 3 is 2.27 bits per heavy atom. The van der Waals surface area contributed by atoms with Gasteiger partial charge in [0.15, 0.2) is 5.65 Å². The minimum absolute atomic E-state index is 0.214. The molecule has 0 amide bonds. The number of fused-ring (bicyclic) bond motifs is 2. The van der Waals surface area contributed by atoms with E-state index in [-0.39, 0.29) is 17.5 Å². The number of rotatable bonds is 5. The molecule has 30 heavy (non-hydrogen) atoms. The van der Waals surface area contributed by atoms with Crippen molar-refractivity contribution in [3.63, 3.8) is 0 Å². The summed E-state index contributed by atoms with van der Waals surface area (Å²) in [6, 6.07) is 15.7. The van der Waals surface area contributed by atoms with Crippen LogP contribution in [0.5, 0.6) is 0 Å². The van der Waals surface area contributed by atoms with E-state index in [1.54, 1.807) is 4.57 Å². The highest BCUT2D eigenvalue weighted by Crippen LogP contribution is 2.32. The number of carbonyl (C=O) groups excluding carboxylic acids is 1. The molecule has 0 fully saturated rings. The summed E-state index contributed by atoms with van der Waals surface area (Å²) >= 11 is 0. The van der Waals surface area contributed by atoms with E-state index in [0.29, 0.717) is 22.6 Å². The fraction of sp³-hybridized carbons (Fsp3) is 0.292. The first kappa shape index (κ1) is 19.9. The molecule has 0 aliphatic heterocycles. The number of benzene rings is 2. The molecule has 6 heteroatoms. The topological polar surface area (TPSA) is 83.0 Å². The smallest absolute Gasteiger partial charge is 0.344 e. The fourth-order valence-electron chi connectivity index (χ4n) is 3.46. The van der Waals surface area contributed by atoms with E-state index in [1.807, 2.05) is 50.2 Å².